The monoisotopic (exact) mass is 449 g/mol. The zero-order valence-corrected chi connectivity index (χ0v) is 21.2. The zero-order chi connectivity index (χ0) is 23.7. The highest BCUT2D eigenvalue weighted by Crippen LogP contribution is 2.37. The van der Waals surface area contributed by atoms with Gasteiger partial charge in [-0.05, 0) is 81.1 Å². The summed E-state index contributed by atoms with van der Waals surface area (Å²) in [6.07, 6.45) is 5.55. The van der Waals surface area contributed by atoms with Crippen molar-refractivity contribution in [3.05, 3.63) is 69.6 Å². The van der Waals surface area contributed by atoms with Gasteiger partial charge >= 0.3 is 0 Å². The van der Waals surface area contributed by atoms with Gasteiger partial charge in [-0.3, -0.25) is 9.36 Å². The summed E-state index contributed by atoms with van der Waals surface area (Å²) in [7, 11) is -0.920. The van der Waals surface area contributed by atoms with E-state index in [2.05, 4.69) is 39.9 Å². The molecule has 0 amide bonds. The number of ether oxygens (including phenoxy) is 1. The van der Waals surface area contributed by atoms with Crippen LogP contribution in [0.15, 0.2) is 47.4 Å². The Balaban J connectivity index is 2.02. The Bertz CT molecular complexity index is 1120. The number of nitrogens with zero attached hydrogens (tertiary/aromatic N) is 2. The van der Waals surface area contributed by atoms with Crippen LogP contribution < -0.4 is 10.3 Å². The van der Waals surface area contributed by atoms with Crippen LogP contribution in [-0.2, 0) is 4.43 Å². The maximum absolute atomic E-state index is 13.3. The number of rotatable bonds is 6. The first kappa shape index (κ1) is 24.0. The van der Waals surface area contributed by atoms with Crippen molar-refractivity contribution in [2.75, 3.05) is 0 Å². The van der Waals surface area contributed by atoms with Gasteiger partial charge in [-0.1, -0.05) is 20.8 Å². The third-order valence-corrected chi connectivity index (χ3v) is 6.11. The summed E-state index contributed by atoms with van der Waals surface area (Å²) in [6, 6.07) is 11.1. The molecule has 0 saturated heterocycles. The second-order valence-corrected chi connectivity index (χ2v) is 12.4. The van der Waals surface area contributed by atoms with E-state index in [0.717, 1.165) is 29.7 Å². The largest absolute Gasteiger partial charge is 0.483 e. The predicted molar refractivity (Wildman–Crippen MR) is 130 cm³/mol. The van der Waals surface area contributed by atoms with Crippen molar-refractivity contribution in [3.63, 3.8) is 0 Å². The lowest BCUT2D eigenvalue weighted by Crippen LogP contribution is -2.32. The van der Waals surface area contributed by atoms with Crippen molar-refractivity contribution >= 4 is 14.7 Å². The first-order valence-electron chi connectivity index (χ1n) is 11.0. The quantitative estimate of drug-likeness (QED) is 0.514. The Labute approximate surface area is 193 Å². The van der Waals surface area contributed by atoms with Gasteiger partial charge in [0.25, 0.3) is 5.56 Å². The number of hydrogen-bond donors (Lipinski definition) is 0. The summed E-state index contributed by atoms with van der Waals surface area (Å²) >= 11 is 0. The Kier molecular flexibility index (Phi) is 6.82. The fourth-order valence-electron chi connectivity index (χ4n) is 3.84. The van der Waals surface area contributed by atoms with Gasteiger partial charge in [-0.15, -0.1) is 0 Å². The molecular formula is C26H33N2O3Si. The normalized spacial score (nSPS) is 16.0. The van der Waals surface area contributed by atoms with Crippen molar-refractivity contribution in [1.82, 2.24) is 4.57 Å². The molecule has 1 radical (unpaired) electrons. The Morgan fingerprint density at radius 2 is 1.94 bits per heavy atom. The molecule has 0 saturated carbocycles. The molecule has 1 aliphatic rings. The molecule has 6 heteroatoms. The minimum atomic E-state index is -0.920. The van der Waals surface area contributed by atoms with Crippen molar-refractivity contribution in [2.45, 2.75) is 72.3 Å². The maximum atomic E-state index is 13.3. The van der Waals surface area contributed by atoms with E-state index in [4.69, 9.17) is 9.16 Å². The van der Waals surface area contributed by atoms with Crippen LogP contribution in [-0.4, -0.2) is 19.2 Å². The first-order valence-corrected chi connectivity index (χ1v) is 13.5. The van der Waals surface area contributed by atoms with Crippen LogP contribution in [0, 0.1) is 16.7 Å². The van der Waals surface area contributed by atoms with Crippen LogP contribution in [0.5, 0.6) is 5.75 Å². The van der Waals surface area contributed by atoms with Gasteiger partial charge in [-0.2, -0.15) is 5.26 Å². The summed E-state index contributed by atoms with van der Waals surface area (Å²) < 4.78 is 14.0. The zero-order valence-electron chi connectivity index (χ0n) is 20.2. The molecule has 0 fully saturated rings. The molecule has 0 spiro atoms. The van der Waals surface area contributed by atoms with E-state index < -0.39 is 14.6 Å². The maximum Gasteiger partial charge on any atom is 0.255 e. The molecule has 32 heavy (non-hydrogen) atoms. The Hall–Kier alpha value is -2.62. The van der Waals surface area contributed by atoms with E-state index in [0.29, 0.717) is 11.3 Å². The van der Waals surface area contributed by atoms with Crippen LogP contribution in [0.2, 0.25) is 13.1 Å². The van der Waals surface area contributed by atoms with E-state index in [1.165, 1.54) is 0 Å². The van der Waals surface area contributed by atoms with Gasteiger partial charge < -0.3 is 9.16 Å². The Morgan fingerprint density at radius 3 is 2.53 bits per heavy atom. The minimum Gasteiger partial charge on any atom is -0.483 e. The summed E-state index contributed by atoms with van der Waals surface area (Å²) in [5, 5.41) is 9.34. The van der Waals surface area contributed by atoms with Gasteiger partial charge in [0.2, 0.25) is 9.04 Å². The van der Waals surface area contributed by atoms with Gasteiger partial charge in [0, 0.05) is 17.8 Å². The van der Waals surface area contributed by atoms with Gasteiger partial charge in [0.15, 0.2) is 0 Å². The fraction of sp³-hybridized carbons (Fsp3) is 0.462. The lowest BCUT2D eigenvalue weighted by Gasteiger charge is -2.31. The van der Waals surface area contributed by atoms with Gasteiger partial charge in [0.05, 0.1) is 23.4 Å². The van der Waals surface area contributed by atoms with Crippen molar-refractivity contribution in [2.24, 2.45) is 5.41 Å². The van der Waals surface area contributed by atoms with Gasteiger partial charge in [-0.25, -0.2) is 0 Å². The van der Waals surface area contributed by atoms with Gasteiger partial charge in [0.1, 0.15) is 11.4 Å². The van der Waals surface area contributed by atoms with E-state index in [9.17, 15) is 10.1 Å². The lowest BCUT2D eigenvalue weighted by atomic mass is 9.88. The van der Waals surface area contributed by atoms with E-state index in [-0.39, 0.29) is 17.1 Å². The first-order chi connectivity index (χ1) is 14.9. The van der Waals surface area contributed by atoms with Crippen molar-refractivity contribution in [1.29, 1.82) is 5.26 Å². The molecule has 169 valence electrons. The number of nitriles is 1. The average Bonchev–Trinajstić information content (AvgIpc) is 2.68. The molecule has 1 aromatic carbocycles. The minimum absolute atomic E-state index is 0.0851. The summed E-state index contributed by atoms with van der Waals surface area (Å²) in [5.74, 6) is 0.665. The lowest BCUT2D eigenvalue weighted by molar-refractivity contribution is 0.157. The van der Waals surface area contributed by atoms with Crippen LogP contribution in [0.3, 0.4) is 0 Å². The number of fused-ring (bicyclic) bond motifs is 1. The smallest absolute Gasteiger partial charge is 0.255 e. The molecule has 0 aliphatic carbocycles. The second-order valence-electron chi connectivity index (χ2n) is 10.3. The third kappa shape index (κ3) is 5.79. The number of benzene rings is 1. The van der Waals surface area contributed by atoms with Crippen LogP contribution >= 0.6 is 0 Å². The van der Waals surface area contributed by atoms with E-state index in [1.54, 1.807) is 28.8 Å². The molecular weight excluding hydrogens is 416 g/mol. The molecule has 0 bridgehead atoms. The van der Waals surface area contributed by atoms with Crippen molar-refractivity contribution in [3.8, 4) is 11.8 Å². The highest BCUT2D eigenvalue weighted by molar-refractivity contribution is 6.48. The SMILES string of the molecule is C[Si](C)OC(CCC(C)(C)C)c1ccn(C2=CC(C)(C)Oc3ccc(C#N)cc32)c(=O)c1. The van der Waals surface area contributed by atoms with Crippen LogP contribution in [0.25, 0.3) is 5.70 Å². The topological polar surface area (TPSA) is 64.2 Å². The van der Waals surface area contributed by atoms with Crippen LogP contribution in [0.1, 0.15) is 70.3 Å². The fourth-order valence-corrected chi connectivity index (χ4v) is 4.67. The highest BCUT2D eigenvalue weighted by Gasteiger charge is 2.28. The molecule has 1 aliphatic heterocycles. The second kappa shape index (κ2) is 9.09. The van der Waals surface area contributed by atoms with E-state index in [1.807, 2.05) is 32.2 Å². The number of hydrogen-bond acceptors (Lipinski definition) is 4. The molecule has 1 aromatic heterocycles. The molecule has 3 rings (SSSR count). The molecule has 0 N–H and O–H groups in total. The standard InChI is InChI=1S/C26H33N2O3Si/c1-25(2,3)12-10-22(31-32(6)7)19-11-13-28(24(29)15-19)21-16-26(4,5)30-23-9-8-18(17-27)14-20(21)23/h8-9,11,13-16,22H,10,12H2,1-7H3. The average molecular weight is 450 g/mol. The molecule has 1 atom stereocenters. The summed E-state index contributed by atoms with van der Waals surface area (Å²) in [6.45, 7) is 14.8. The molecule has 2 aromatic rings. The molecule has 5 nitrogen and oxygen atoms in total. The predicted octanol–water partition coefficient (Wildman–Crippen LogP) is 5.92. The molecule has 1 unspecified atom stereocenters. The van der Waals surface area contributed by atoms with E-state index >= 15 is 0 Å². The summed E-state index contributed by atoms with van der Waals surface area (Å²) in [5.41, 5.74) is 2.42. The third-order valence-electron chi connectivity index (χ3n) is 5.35. The van der Waals surface area contributed by atoms with Crippen LogP contribution in [0.4, 0.5) is 0 Å². The molecule has 2 heterocycles. The number of aromatic nitrogens is 1. The highest BCUT2D eigenvalue weighted by atomic mass is 28.3. The van der Waals surface area contributed by atoms with Crippen molar-refractivity contribution < 1.29 is 9.16 Å². The summed E-state index contributed by atoms with van der Waals surface area (Å²) in [4.78, 5) is 13.3. The number of pyridine rings is 1. The Morgan fingerprint density at radius 1 is 1.22 bits per heavy atom.